The molecule has 82 heavy (non-hydrogen) atoms. The van der Waals surface area contributed by atoms with E-state index in [-0.39, 0.29) is 31.1 Å². The number of hydrogen-bond donors (Lipinski definition) is 0. The third kappa shape index (κ3) is 67.6. The second-order valence-corrected chi connectivity index (χ2v) is 24.1. The molecule has 0 N–H and O–H groups in total. The molecule has 0 rings (SSSR count). The van der Waals surface area contributed by atoms with Crippen LogP contribution in [0, 0.1) is 0 Å². The predicted molar refractivity (Wildman–Crippen MR) is 358 cm³/mol. The number of esters is 3. The second kappa shape index (κ2) is 70.3. The lowest BCUT2D eigenvalue weighted by Gasteiger charge is -2.18. The molecule has 0 radical (unpaired) electrons. The Balaban J connectivity index is 4.00. The molecule has 6 nitrogen and oxygen atoms in total. The summed E-state index contributed by atoms with van der Waals surface area (Å²) in [6.07, 6.45) is 92.7. The fraction of sp³-hybridized carbons (Fsp3) is 0.803. The fourth-order valence-electron chi connectivity index (χ4n) is 10.6. The first-order valence-electron chi connectivity index (χ1n) is 35.9. The first-order chi connectivity index (χ1) is 40.5. The molecule has 1 unspecified atom stereocenters. The van der Waals surface area contributed by atoms with E-state index < -0.39 is 6.10 Å². The Morgan fingerprint density at radius 2 is 0.476 bits per heavy atom. The van der Waals surface area contributed by atoms with E-state index in [1.165, 1.54) is 231 Å². The van der Waals surface area contributed by atoms with Crippen LogP contribution in [-0.2, 0) is 28.6 Å². The number of ether oxygens (including phenoxy) is 3. The van der Waals surface area contributed by atoms with Crippen LogP contribution in [0.2, 0.25) is 0 Å². The summed E-state index contributed by atoms with van der Waals surface area (Å²) in [6.45, 7) is 6.51. The van der Waals surface area contributed by atoms with Crippen molar-refractivity contribution >= 4 is 17.9 Å². The van der Waals surface area contributed by atoms with Crippen molar-refractivity contribution in [2.45, 2.75) is 380 Å². The maximum atomic E-state index is 12.9. The number of carbonyl (C=O) groups excluding carboxylic acids is 3. The summed E-state index contributed by atoms with van der Waals surface area (Å²) in [5.41, 5.74) is 0. The van der Waals surface area contributed by atoms with Gasteiger partial charge < -0.3 is 14.2 Å². The molecule has 0 bridgehead atoms. The van der Waals surface area contributed by atoms with Gasteiger partial charge in [-0.3, -0.25) is 14.4 Å². The standard InChI is InChI=1S/C76H136O6/c1-4-7-10-13-16-18-20-22-24-26-28-30-32-34-36-37-38-39-41-42-44-46-48-50-52-54-56-58-60-63-66-69-75(78)81-72-73(71-80-74(77)68-65-62-15-12-9-6-3)82-76(79)70-67-64-61-59-57-55-53-51-49-47-45-43-40-35-33-31-29-27-25-23-21-19-17-14-11-8-5-2/h8,11,17,19,23,25,29,31,35,40,45,47,73H,4-7,9-10,12-16,18,20-22,24,26-28,30,32-34,36-39,41-44,46,48-72H2,1-3H3/b11-8-,19-17-,25-23-,31-29-,40-35-,47-45-. The van der Waals surface area contributed by atoms with E-state index in [9.17, 15) is 14.4 Å². The van der Waals surface area contributed by atoms with Crippen molar-refractivity contribution in [1.29, 1.82) is 0 Å². The van der Waals surface area contributed by atoms with Gasteiger partial charge in [0.25, 0.3) is 0 Å². The number of hydrogen-bond acceptors (Lipinski definition) is 6. The third-order valence-corrected chi connectivity index (χ3v) is 16.0. The smallest absolute Gasteiger partial charge is 0.306 e. The van der Waals surface area contributed by atoms with Gasteiger partial charge in [0.2, 0.25) is 0 Å². The maximum Gasteiger partial charge on any atom is 0.306 e. The van der Waals surface area contributed by atoms with E-state index in [1.54, 1.807) is 0 Å². The molecular formula is C76H136O6. The van der Waals surface area contributed by atoms with Gasteiger partial charge in [-0.05, 0) is 70.6 Å². The van der Waals surface area contributed by atoms with Crippen LogP contribution in [0.15, 0.2) is 72.9 Å². The Kier molecular flexibility index (Phi) is 67.6. The average molecular weight is 1150 g/mol. The molecule has 0 fully saturated rings. The SMILES string of the molecule is CC/C=C\C/C=C\C/C=C\C/C=C\C/C=C\C/C=C\CCCCCCCCCCC(=O)OC(COC(=O)CCCCCCCC)COC(=O)CCCCCCCCCCCCCCCCCCCCCCCCCCCCCCCCC. The number of allylic oxidation sites excluding steroid dienone is 12. The fourth-order valence-corrected chi connectivity index (χ4v) is 10.6. The van der Waals surface area contributed by atoms with Gasteiger partial charge in [-0.15, -0.1) is 0 Å². The van der Waals surface area contributed by atoms with Crippen molar-refractivity contribution in [3.05, 3.63) is 72.9 Å². The largest absolute Gasteiger partial charge is 0.462 e. The molecule has 0 aliphatic heterocycles. The van der Waals surface area contributed by atoms with Crippen molar-refractivity contribution in [2.75, 3.05) is 13.2 Å². The minimum atomic E-state index is -0.777. The Morgan fingerprint density at radius 3 is 0.744 bits per heavy atom. The lowest BCUT2D eigenvalue weighted by atomic mass is 10.0. The van der Waals surface area contributed by atoms with Crippen LogP contribution in [-0.4, -0.2) is 37.2 Å². The molecule has 0 aliphatic rings. The van der Waals surface area contributed by atoms with Gasteiger partial charge in [0.15, 0.2) is 6.10 Å². The summed E-state index contributed by atoms with van der Waals surface area (Å²) in [6, 6.07) is 0. The minimum absolute atomic E-state index is 0.0748. The van der Waals surface area contributed by atoms with Crippen molar-refractivity contribution in [1.82, 2.24) is 0 Å². The van der Waals surface area contributed by atoms with Crippen LogP contribution >= 0.6 is 0 Å². The molecule has 0 aromatic heterocycles. The van der Waals surface area contributed by atoms with Crippen LogP contribution in [0.4, 0.5) is 0 Å². The van der Waals surface area contributed by atoms with Gasteiger partial charge in [0.1, 0.15) is 13.2 Å². The first-order valence-corrected chi connectivity index (χ1v) is 35.9. The van der Waals surface area contributed by atoms with Crippen molar-refractivity contribution < 1.29 is 28.6 Å². The molecule has 0 heterocycles. The molecule has 0 aliphatic carbocycles. The molecular weight excluding hydrogens is 1010 g/mol. The summed E-state index contributed by atoms with van der Waals surface area (Å²) in [7, 11) is 0. The molecule has 0 aromatic carbocycles. The monoisotopic (exact) mass is 1150 g/mol. The van der Waals surface area contributed by atoms with Crippen LogP contribution in [0.3, 0.4) is 0 Å². The zero-order valence-corrected chi connectivity index (χ0v) is 54.8. The topological polar surface area (TPSA) is 78.9 Å². The highest BCUT2D eigenvalue weighted by molar-refractivity contribution is 5.71. The summed E-state index contributed by atoms with van der Waals surface area (Å²) < 4.78 is 16.9. The van der Waals surface area contributed by atoms with Crippen molar-refractivity contribution in [2.24, 2.45) is 0 Å². The van der Waals surface area contributed by atoms with Gasteiger partial charge >= 0.3 is 17.9 Å². The van der Waals surface area contributed by atoms with E-state index in [4.69, 9.17) is 14.2 Å². The third-order valence-electron chi connectivity index (χ3n) is 16.0. The average Bonchev–Trinajstić information content (AvgIpc) is 3.47. The highest BCUT2D eigenvalue weighted by atomic mass is 16.6. The van der Waals surface area contributed by atoms with Crippen LogP contribution in [0.25, 0.3) is 0 Å². The van der Waals surface area contributed by atoms with E-state index in [2.05, 4.69) is 93.7 Å². The quantitative estimate of drug-likeness (QED) is 0.0261. The molecule has 0 amide bonds. The number of unbranched alkanes of at least 4 members (excludes halogenated alkanes) is 43. The molecule has 1 atom stereocenters. The second-order valence-electron chi connectivity index (χ2n) is 24.1. The Morgan fingerprint density at radius 1 is 0.256 bits per heavy atom. The van der Waals surface area contributed by atoms with Crippen molar-refractivity contribution in [3.8, 4) is 0 Å². The number of carbonyl (C=O) groups is 3. The highest BCUT2D eigenvalue weighted by Gasteiger charge is 2.19. The molecule has 0 saturated heterocycles. The molecule has 0 saturated carbocycles. The zero-order chi connectivity index (χ0) is 59.2. The van der Waals surface area contributed by atoms with Gasteiger partial charge in [-0.1, -0.05) is 357 Å². The van der Waals surface area contributed by atoms with Gasteiger partial charge in [0, 0.05) is 19.3 Å². The lowest BCUT2D eigenvalue weighted by molar-refractivity contribution is -0.167. The molecule has 476 valence electrons. The summed E-state index contributed by atoms with van der Waals surface area (Å²) in [5.74, 6) is -0.875. The Bertz CT molecular complexity index is 1500. The predicted octanol–water partition coefficient (Wildman–Crippen LogP) is 24.8. The van der Waals surface area contributed by atoms with E-state index in [0.717, 1.165) is 103 Å². The summed E-state index contributed by atoms with van der Waals surface area (Å²) in [5, 5.41) is 0. The molecule has 0 aromatic rings. The Hall–Kier alpha value is -3.15. The minimum Gasteiger partial charge on any atom is -0.462 e. The summed E-state index contributed by atoms with van der Waals surface area (Å²) in [4.78, 5) is 38.1. The van der Waals surface area contributed by atoms with Crippen molar-refractivity contribution in [3.63, 3.8) is 0 Å². The van der Waals surface area contributed by atoms with Crippen LogP contribution in [0.5, 0.6) is 0 Å². The zero-order valence-electron chi connectivity index (χ0n) is 54.8. The molecule has 0 spiro atoms. The number of rotatable bonds is 66. The van der Waals surface area contributed by atoms with Crippen LogP contribution < -0.4 is 0 Å². The Labute approximate surface area is 510 Å². The van der Waals surface area contributed by atoms with E-state index >= 15 is 0 Å². The summed E-state index contributed by atoms with van der Waals surface area (Å²) >= 11 is 0. The van der Waals surface area contributed by atoms with Gasteiger partial charge in [-0.2, -0.15) is 0 Å². The highest BCUT2D eigenvalue weighted by Crippen LogP contribution is 2.18. The van der Waals surface area contributed by atoms with E-state index in [0.29, 0.717) is 19.3 Å². The van der Waals surface area contributed by atoms with Gasteiger partial charge in [0.05, 0.1) is 0 Å². The normalized spacial score (nSPS) is 12.5. The van der Waals surface area contributed by atoms with Crippen LogP contribution in [0.1, 0.15) is 374 Å². The van der Waals surface area contributed by atoms with E-state index in [1.807, 2.05) is 0 Å². The van der Waals surface area contributed by atoms with Gasteiger partial charge in [-0.25, -0.2) is 0 Å². The lowest BCUT2D eigenvalue weighted by Crippen LogP contribution is -2.30. The first kappa shape index (κ1) is 78.8. The maximum absolute atomic E-state index is 12.9. The molecule has 6 heteroatoms.